The van der Waals surface area contributed by atoms with Gasteiger partial charge in [-0.2, -0.15) is 0 Å². The molecule has 0 aromatic heterocycles. The highest BCUT2D eigenvalue weighted by Crippen LogP contribution is 2.34. The summed E-state index contributed by atoms with van der Waals surface area (Å²) in [6, 6.07) is 19.2. The number of benzene rings is 2. The van der Waals surface area contributed by atoms with E-state index in [4.69, 9.17) is 9.79 Å². The predicted molar refractivity (Wildman–Crippen MR) is 114 cm³/mol. The lowest BCUT2D eigenvalue weighted by Gasteiger charge is -2.07. The fourth-order valence-electron chi connectivity index (χ4n) is 2.79. The summed E-state index contributed by atoms with van der Waals surface area (Å²) >= 11 is 1.90. The molecule has 0 unspecified atom stereocenters. The van der Waals surface area contributed by atoms with Gasteiger partial charge in [-0.25, -0.2) is 0 Å². The van der Waals surface area contributed by atoms with E-state index >= 15 is 0 Å². The third-order valence-electron chi connectivity index (χ3n) is 4.28. The molecular weight excluding hydrogens is 377 g/mol. The van der Waals surface area contributed by atoms with Crippen molar-refractivity contribution < 1.29 is 14.4 Å². The van der Waals surface area contributed by atoms with Crippen LogP contribution in [0, 0.1) is 0 Å². The van der Waals surface area contributed by atoms with Crippen LogP contribution in [0.15, 0.2) is 59.5 Å². The molecular formula is C21H30NO3PS. The summed E-state index contributed by atoms with van der Waals surface area (Å²) in [6.45, 7) is 1.34. The minimum atomic E-state index is -3.86. The fourth-order valence-corrected chi connectivity index (χ4v) is 4.27. The first-order valence-electron chi connectivity index (χ1n) is 9.54. The summed E-state index contributed by atoms with van der Waals surface area (Å²) in [5.41, 5.74) is 2.62. The Kier molecular flexibility index (Phi) is 10.2. The van der Waals surface area contributed by atoms with E-state index in [0.717, 1.165) is 12.3 Å². The lowest BCUT2D eigenvalue weighted by molar-refractivity contribution is 0.371. The SMILES string of the molecule is O=P(O)(O)CCCNCc1ccc(SCCCCCc2ccccc2)cc1. The van der Waals surface area contributed by atoms with Crippen molar-refractivity contribution >= 4 is 19.4 Å². The zero-order valence-corrected chi connectivity index (χ0v) is 17.4. The average molecular weight is 408 g/mol. The number of nitrogens with one attached hydrogen (secondary N) is 1. The zero-order chi connectivity index (χ0) is 19.4. The molecule has 0 saturated heterocycles. The number of rotatable bonds is 13. The van der Waals surface area contributed by atoms with Gasteiger partial charge < -0.3 is 15.1 Å². The van der Waals surface area contributed by atoms with E-state index < -0.39 is 7.60 Å². The Bertz CT molecular complexity index is 688. The molecule has 0 fully saturated rings. The summed E-state index contributed by atoms with van der Waals surface area (Å²) < 4.78 is 10.8. The Labute approximate surface area is 166 Å². The minimum absolute atomic E-state index is 0.0546. The van der Waals surface area contributed by atoms with Crippen LogP contribution >= 0.6 is 19.4 Å². The zero-order valence-electron chi connectivity index (χ0n) is 15.7. The second kappa shape index (κ2) is 12.4. The van der Waals surface area contributed by atoms with Crippen LogP contribution in [0.1, 0.15) is 36.8 Å². The molecule has 0 aliphatic carbocycles. The van der Waals surface area contributed by atoms with Crippen molar-refractivity contribution in [1.82, 2.24) is 5.32 Å². The van der Waals surface area contributed by atoms with Gasteiger partial charge in [-0.15, -0.1) is 11.8 Å². The van der Waals surface area contributed by atoms with Gasteiger partial charge in [0.1, 0.15) is 0 Å². The molecule has 0 heterocycles. The Morgan fingerprint density at radius 1 is 0.852 bits per heavy atom. The van der Waals surface area contributed by atoms with Crippen molar-refractivity contribution in [2.45, 2.75) is 43.5 Å². The average Bonchev–Trinajstić information content (AvgIpc) is 2.65. The van der Waals surface area contributed by atoms with Crippen LogP contribution in [0.3, 0.4) is 0 Å². The van der Waals surface area contributed by atoms with Gasteiger partial charge in [-0.1, -0.05) is 48.9 Å². The minimum Gasteiger partial charge on any atom is -0.324 e. The van der Waals surface area contributed by atoms with E-state index in [-0.39, 0.29) is 6.16 Å². The van der Waals surface area contributed by atoms with Crippen LogP contribution in [0.2, 0.25) is 0 Å². The van der Waals surface area contributed by atoms with Gasteiger partial charge in [-0.05, 0) is 61.2 Å². The largest absolute Gasteiger partial charge is 0.325 e. The van der Waals surface area contributed by atoms with E-state index in [0.29, 0.717) is 13.0 Å². The quantitative estimate of drug-likeness (QED) is 0.252. The summed E-state index contributed by atoms with van der Waals surface area (Å²) in [7, 11) is -3.86. The van der Waals surface area contributed by atoms with Crippen LogP contribution in [0.25, 0.3) is 0 Å². The Balaban J connectivity index is 1.53. The standard InChI is InChI=1S/C21H30NO3PS/c23-26(24,25)16-7-15-22-18-20-11-13-21(14-12-20)27-17-6-2-5-10-19-8-3-1-4-9-19/h1,3-4,8-9,11-14,22H,2,5-7,10,15-18H2,(H2,23,24,25). The second-order valence-corrected chi connectivity index (χ2v) is 9.65. The van der Waals surface area contributed by atoms with Gasteiger partial charge in [0, 0.05) is 11.4 Å². The van der Waals surface area contributed by atoms with Crippen molar-refractivity contribution in [2.24, 2.45) is 0 Å². The number of unbranched alkanes of at least 4 members (excludes halogenated alkanes) is 2. The summed E-state index contributed by atoms with van der Waals surface area (Å²) in [5, 5.41) is 3.22. The Morgan fingerprint density at radius 2 is 1.59 bits per heavy atom. The number of hydrogen-bond acceptors (Lipinski definition) is 3. The number of hydrogen-bond donors (Lipinski definition) is 3. The molecule has 2 aromatic rings. The van der Waals surface area contributed by atoms with Crippen molar-refractivity contribution in [3.63, 3.8) is 0 Å². The Hall–Kier alpha value is -1.10. The first-order valence-corrected chi connectivity index (χ1v) is 12.3. The lowest BCUT2D eigenvalue weighted by atomic mass is 10.1. The molecule has 0 radical (unpaired) electrons. The van der Waals surface area contributed by atoms with Crippen LogP contribution < -0.4 is 5.32 Å². The van der Waals surface area contributed by atoms with Crippen molar-refractivity contribution in [1.29, 1.82) is 0 Å². The monoisotopic (exact) mass is 407 g/mol. The molecule has 6 heteroatoms. The van der Waals surface area contributed by atoms with Gasteiger partial charge in [0.15, 0.2) is 0 Å². The van der Waals surface area contributed by atoms with Crippen LogP contribution in [-0.2, 0) is 17.5 Å². The molecule has 0 aliphatic heterocycles. The molecule has 0 aliphatic rings. The van der Waals surface area contributed by atoms with Crippen LogP contribution in [0.5, 0.6) is 0 Å². The van der Waals surface area contributed by atoms with Gasteiger partial charge in [0.2, 0.25) is 0 Å². The molecule has 3 N–H and O–H groups in total. The Morgan fingerprint density at radius 3 is 2.30 bits per heavy atom. The van der Waals surface area contributed by atoms with E-state index in [2.05, 4.69) is 59.9 Å². The molecule has 27 heavy (non-hydrogen) atoms. The van der Waals surface area contributed by atoms with Gasteiger partial charge in [0.05, 0.1) is 6.16 Å². The molecule has 0 spiro atoms. The van der Waals surface area contributed by atoms with Gasteiger partial charge >= 0.3 is 7.60 Å². The van der Waals surface area contributed by atoms with Crippen LogP contribution in [0.4, 0.5) is 0 Å². The second-order valence-electron chi connectivity index (χ2n) is 6.71. The summed E-state index contributed by atoms with van der Waals surface area (Å²) in [5.74, 6) is 1.15. The van der Waals surface area contributed by atoms with Gasteiger partial charge in [-0.3, -0.25) is 4.57 Å². The number of thioether (sulfide) groups is 1. The van der Waals surface area contributed by atoms with Crippen LogP contribution in [-0.4, -0.2) is 28.2 Å². The summed E-state index contributed by atoms with van der Waals surface area (Å²) in [4.78, 5) is 18.9. The molecule has 4 nitrogen and oxygen atoms in total. The summed E-state index contributed by atoms with van der Waals surface area (Å²) in [6.07, 6.45) is 5.35. The molecule has 2 rings (SSSR count). The van der Waals surface area contributed by atoms with Crippen molar-refractivity contribution in [3.05, 3.63) is 65.7 Å². The van der Waals surface area contributed by atoms with E-state index in [9.17, 15) is 4.57 Å². The highest BCUT2D eigenvalue weighted by Gasteiger charge is 2.10. The first-order chi connectivity index (χ1) is 13.0. The van der Waals surface area contributed by atoms with Gasteiger partial charge in [0.25, 0.3) is 0 Å². The van der Waals surface area contributed by atoms with Crippen molar-refractivity contribution in [3.8, 4) is 0 Å². The highest BCUT2D eigenvalue weighted by molar-refractivity contribution is 7.99. The topological polar surface area (TPSA) is 69.6 Å². The van der Waals surface area contributed by atoms with E-state index in [1.807, 2.05) is 11.8 Å². The van der Waals surface area contributed by atoms with E-state index in [1.165, 1.54) is 41.7 Å². The smallest absolute Gasteiger partial charge is 0.324 e. The normalized spacial score (nSPS) is 11.6. The molecule has 2 aromatic carbocycles. The van der Waals surface area contributed by atoms with E-state index in [1.54, 1.807) is 0 Å². The first kappa shape index (κ1) is 22.2. The third-order valence-corrected chi connectivity index (χ3v) is 6.27. The number of aryl methyl sites for hydroxylation is 1. The molecule has 0 saturated carbocycles. The third kappa shape index (κ3) is 10.7. The molecule has 0 atom stereocenters. The predicted octanol–water partition coefficient (Wildman–Crippen LogP) is 4.85. The maximum atomic E-state index is 10.8. The molecule has 0 bridgehead atoms. The molecule has 0 amide bonds. The lowest BCUT2D eigenvalue weighted by Crippen LogP contribution is -2.15. The maximum Gasteiger partial charge on any atom is 0.325 e. The van der Waals surface area contributed by atoms with Crippen molar-refractivity contribution in [2.75, 3.05) is 18.5 Å². The maximum absolute atomic E-state index is 10.8. The molecule has 148 valence electrons. The fraction of sp³-hybridized carbons (Fsp3) is 0.429. The highest BCUT2D eigenvalue weighted by atomic mass is 32.2.